The van der Waals surface area contributed by atoms with E-state index >= 15 is 0 Å². The Morgan fingerprint density at radius 2 is 1.62 bits per heavy atom. The summed E-state index contributed by atoms with van der Waals surface area (Å²) in [6, 6.07) is 24.5. The summed E-state index contributed by atoms with van der Waals surface area (Å²) in [5.41, 5.74) is 3.94. The summed E-state index contributed by atoms with van der Waals surface area (Å²) < 4.78 is 13.0. The van der Waals surface area contributed by atoms with E-state index in [-0.39, 0.29) is 5.91 Å². The molecular weight excluding hydrogens is 402 g/mol. The lowest BCUT2D eigenvalue weighted by Gasteiger charge is -2.10. The van der Waals surface area contributed by atoms with E-state index in [1.54, 1.807) is 25.3 Å². The third-order valence-electron chi connectivity index (χ3n) is 5.16. The summed E-state index contributed by atoms with van der Waals surface area (Å²) in [7, 11) is 1.65. The SMILES string of the molecule is COc1cccc(Cn2nc(C)c(NC(=O)c3cccc(Oc4ccccc4)c3)c2C)c1. The van der Waals surface area contributed by atoms with Crippen LogP contribution in [0.5, 0.6) is 17.2 Å². The van der Waals surface area contributed by atoms with Crippen molar-refractivity contribution in [2.75, 3.05) is 12.4 Å². The van der Waals surface area contributed by atoms with E-state index in [0.29, 0.717) is 23.5 Å². The number of rotatable bonds is 7. The second kappa shape index (κ2) is 9.39. The van der Waals surface area contributed by atoms with Crippen LogP contribution in [0.3, 0.4) is 0 Å². The molecule has 32 heavy (non-hydrogen) atoms. The van der Waals surface area contributed by atoms with Crippen LogP contribution in [0, 0.1) is 13.8 Å². The van der Waals surface area contributed by atoms with Crippen LogP contribution in [0.2, 0.25) is 0 Å². The second-order valence-corrected chi connectivity index (χ2v) is 7.45. The largest absolute Gasteiger partial charge is 0.497 e. The second-order valence-electron chi connectivity index (χ2n) is 7.45. The van der Waals surface area contributed by atoms with Gasteiger partial charge in [0.15, 0.2) is 0 Å². The van der Waals surface area contributed by atoms with Crippen molar-refractivity contribution in [1.82, 2.24) is 9.78 Å². The monoisotopic (exact) mass is 427 g/mol. The number of hydrogen-bond donors (Lipinski definition) is 1. The van der Waals surface area contributed by atoms with Crippen molar-refractivity contribution in [3.63, 3.8) is 0 Å². The van der Waals surface area contributed by atoms with Gasteiger partial charge >= 0.3 is 0 Å². The first-order valence-corrected chi connectivity index (χ1v) is 10.3. The molecule has 0 fully saturated rings. The molecule has 0 saturated carbocycles. The smallest absolute Gasteiger partial charge is 0.255 e. The Bertz CT molecular complexity index is 1230. The molecular formula is C26H25N3O3. The summed E-state index contributed by atoms with van der Waals surface area (Å²) in [5, 5.41) is 7.63. The maximum atomic E-state index is 13.0. The van der Waals surface area contributed by atoms with Gasteiger partial charge in [-0.25, -0.2) is 0 Å². The lowest BCUT2D eigenvalue weighted by Crippen LogP contribution is -2.13. The summed E-state index contributed by atoms with van der Waals surface area (Å²) >= 11 is 0. The van der Waals surface area contributed by atoms with Crippen molar-refractivity contribution in [3.8, 4) is 17.2 Å². The Morgan fingerprint density at radius 3 is 2.41 bits per heavy atom. The predicted octanol–water partition coefficient (Wildman–Crippen LogP) is 5.60. The number of hydrogen-bond acceptors (Lipinski definition) is 4. The van der Waals surface area contributed by atoms with Crippen molar-refractivity contribution >= 4 is 11.6 Å². The molecule has 0 spiro atoms. The number of benzene rings is 3. The van der Waals surface area contributed by atoms with E-state index in [1.165, 1.54) is 0 Å². The van der Waals surface area contributed by atoms with Crippen LogP contribution < -0.4 is 14.8 Å². The number of anilines is 1. The molecule has 4 aromatic rings. The molecule has 0 aliphatic rings. The minimum absolute atomic E-state index is 0.212. The molecule has 1 heterocycles. The highest BCUT2D eigenvalue weighted by Crippen LogP contribution is 2.25. The molecule has 162 valence electrons. The van der Waals surface area contributed by atoms with Crippen LogP contribution in [-0.2, 0) is 6.54 Å². The van der Waals surface area contributed by atoms with E-state index < -0.39 is 0 Å². The Hall–Kier alpha value is -4.06. The van der Waals surface area contributed by atoms with E-state index in [9.17, 15) is 4.79 Å². The van der Waals surface area contributed by atoms with Crippen LogP contribution >= 0.6 is 0 Å². The van der Waals surface area contributed by atoms with Crippen molar-refractivity contribution in [2.45, 2.75) is 20.4 Å². The minimum atomic E-state index is -0.212. The highest BCUT2D eigenvalue weighted by Gasteiger charge is 2.16. The number of aromatic nitrogens is 2. The standard InChI is InChI=1S/C26H25N3O3/c1-18-25(19(2)29(28-18)17-20-9-7-13-23(15-20)31-3)27-26(30)21-10-8-14-24(16-21)32-22-11-5-4-6-12-22/h4-16H,17H2,1-3H3,(H,27,30). The highest BCUT2D eigenvalue weighted by atomic mass is 16.5. The topological polar surface area (TPSA) is 65.4 Å². The highest BCUT2D eigenvalue weighted by molar-refractivity contribution is 6.05. The zero-order valence-electron chi connectivity index (χ0n) is 18.3. The van der Waals surface area contributed by atoms with Crippen molar-refractivity contribution in [3.05, 3.63) is 101 Å². The van der Waals surface area contributed by atoms with Crippen LogP contribution in [-0.4, -0.2) is 22.8 Å². The van der Waals surface area contributed by atoms with Crippen molar-refractivity contribution < 1.29 is 14.3 Å². The number of aryl methyl sites for hydroxylation is 1. The third kappa shape index (κ3) is 4.81. The first kappa shape index (κ1) is 21.2. The summed E-state index contributed by atoms with van der Waals surface area (Å²) in [5.74, 6) is 1.91. The van der Waals surface area contributed by atoms with Gasteiger partial charge in [0.05, 0.1) is 30.7 Å². The molecule has 6 heteroatoms. The number of nitrogens with zero attached hydrogens (tertiary/aromatic N) is 2. The lowest BCUT2D eigenvalue weighted by atomic mass is 10.2. The van der Waals surface area contributed by atoms with Gasteiger partial charge in [0.25, 0.3) is 5.91 Å². The van der Waals surface area contributed by atoms with Gasteiger partial charge in [0, 0.05) is 5.56 Å². The summed E-state index contributed by atoms with van der Waals surface area (Å²) in [6.45, 7) is 4.42. The summed E-state index contributed by atoms with van der Waals surface area (Å²) in [4.78, 5) is 13.0. The zero-order valence-corrected chi connectivity index (χ0v) is 18.3. The van der Waals surface area contributed by atoms with Gasteiger partial charge < -0.3 is 14.8 Å². The Labute approximate surface area is 187 Å². The average molecular weight is 428 g/mol. The lowest BCUT2D eigenvalue weighted by molar-refractivity contribution is 0.102. The fourth-order valence-electron chi connectivity index (χ4n) is 3.49. The molecule has 0 aliphatic heterocycles. The van der Waals surface area contributed by atoms with E-state index in [4.69, 9.17) is 9.47 Å². The number of carbonyl (C=O) groups excluding carboxylic acids is 1. The van der Waals surface area contributed by atoms with E-state index in [0.717, 1.165) is 28.5 Å². The first-order valence-electron chi connectivity index (χ1n) is 10.3. The van der Waals surface area contributed by atoms with Gasteiger partial charge in [0.2, 0.25) is 0 Å². The molecule has 0 saturated heterocycles. The normalized spacial score (nSPS) is 10.6. The van der Waals surface area contributed by atoms with Gasteiger partial charge in [-0.3, -0.25) is 9.48 Å². The minimum Gasteiger partial charge on any atom is -0.497 e. The van der Waals surface area contributed by atoms with Crippen molar-refractivity contribution in [2.24, 2.45) is 0 Å². The van der Waals surface area contributed by atoms with Crippen molar-refractivity contribution in [1.29, 1.82) is 0 Å². The first-order chi connectivity index (χ1) is 15.5. The Balaban J connectivity index is 1.50. The zero-order chi connectivity index (χ0) is 22.5. The number of carbonyl (C=O) groups is 1. The van der Waals surface area contributed by atoms with E-state index in [1.807, 2.05) is 79.2 Å². The van der Waals surface area contributed by atoms with Gasteiger partial charge in [-0.05, 0) is 61.9 Å². The number of methoxy groups -OCH3 is 1. The number of para-hydroxylation sites is 1. The molecule has 0 bridgehead atoms. The molecule has 1 amide bonds. The summed E-state index contributed by atoms with van der Waals surface area (Å²) in [6.07, 6.45) is 0. The molecule has 6 nitrogen and oxygen atoms in total. The van der Waals surface area contributed by atoms with Gasteiger partial charge in [-0.15, -0.1) is 0 Å². The Morgan fingerprint density at radius 1 is 0.906 bits per heavy atom. The van der Waals surface area contributed by atoms with Gasteiger partial charge in [-0.2, -0.15) is 5.10 Å². The van der Waals surface area contributed by atoms with Crippen LogP contribution in [0.25, 0.3) is 0 Å². The molecule has 4 rings (SSSR count). The van der Waals surface area contributed by atoms with Crippen LogP contribution in [0.15, 0.2) is 78.9 Å². The molecule has 1 aromatic heterocycles. The van der Waals surface area contributed by atoms with E-state index in [2.05, 4.69) is 10.4 Å². The number of amides is 1. The van der Waals surface area contributed by atoms with Crippen LogP contribution in [0.1, 0.15) is 27.3 Å². The quantitative estimate of drug-likeness (QED) is 0.417. The number of ether oxygens (including phenoxy) is 2. The van der Waals surface area contributed by atoms with Gasteiger partial charge in [-0.1, -0.05) is 36.4 Å². The Kier molecular flexibility index (Phi) is 6.22. The predicted molar refractivity (Wildman–Crippen MR) is 125 cm³/mol. The molecule has 3 aromatic carbocycles. The fourth-order valence-corrected chi connectivity index (χ4v) is 3.49. The number of nitrogens with one attached hydrogen (secondary N) is 1. The maximum Gasteiger partial charge on any atom is 0.255 e. The molecule has 0 radical (unpaired) electrons. The average Bonchev–Trinajstić information content (AvgIpc) is 3.07. The molecule has 1 N–H and O–H groups in total. The molecule has 0 atom stereocenters. The molecule has 0 aliphatic carbocycles. The molecule has 0 unspecified atom stereocenters. The van der Waals surface area contributed by atoms with Gasteiger partial charge in [0.1, 0.15) is 17.2 Å². The fraction of sp³-hybridized carbons (Fsp3) is 0.154. The van der Waals surface area contributed by atoms with Crippen LogP contribution in [0.4, 0.5) is 5.69 Å². The third-order valence-corrected chi connectivity index (χ3v) is 5.16. The maximum absolute atomic E-state index is 13.0.